The van der Waals surface area contributed by atoms with Gasteiger partial charge in [0.05, 0.1) is 0 Å². The first-order valence-electron chi connectivity index (χ1n) is 4.41. The molecule has 0 aliphatic rings. The van der Waals surface area contributed by atoms with Crippen LogP contribution in [0.5, 0.6) is 0 Å². The Morgan fingerprint density at radius 3 is 2.23 bits per heavy atom. The number of nitrogens with two attached hydrogens (primary N) is 2. The average molecular weight is 182 g/mol. The molecule has 2 unspecified atom stereocenters. The summed E-state index contributed by atoms with van der Waals surface area (Å²) in [6, 6.07) is 5.89. The van der Waals surface area contributed by atoms with Crippen molar-refractivity contribution in [3.8, 4) is 0 Å². The summed E-state index contributed by atoms with van der Waals surface area (Å²) in [7, 11) is 0. The van der Waals surface area contributed by atoms with Crippen LogP contribution in [0.4, 0.5) is 4.39 Å². The zero-order valence-corrected chi connectivity index (χ0v) is 7.70. The summed E-state index contributed by atoms with van der Waals surface area (Å²) in [6.07, 6.45) is 0.818. The molecule has 0 bridgehead atoms. The highest BCUT2D eigenvalue weighted by Crippen LogP contribution is 2.14. The maximum absolute atomic E-state index is 12.6. The molecule has 0 radical (unpaired) electrons. The fourth-order valence-corrected chi connectivity index (χ4v) is 1.19. The minimum Gasteiger partial charge on any atom is -0.326 e. The number of rotatable bonds is 3. The van der Waals surface area contributed by atoms with E-state index in [2.05, 4.69) is 0 Å². The van der Waals surface area contributed by atoms with E-state index in [1.54, 1.807) is 12.1 Å². The second-order valence-electron chi connectivity index (χ2n) is 3.15. The van der Waals surface area contributed by atoms with Gasteiger partial charge in [-0.05, 0) is 24.1 Å². The van der Waals surface area contributed by atoms with Crippen molar-refractivity contribution in [1.82, 2.24) is 0 Å². The van der Waals surface area contributed by atoms with E-state index < -0.39 is 0 Å². The molecule has 1 rings (SSSR count). The van der Waals surface area contributed by atoms with Gasteiger partial charge in [0, 0.05) is 12.1 Å². The second-order valence-corrected chi connectivity index (χ2v) is 3.15. The highest BCUT2D eigenvalue weighted by Gasteiger charge is 2.12. The quantitative estimate of drug-likeness (QED) is 0.745. The Morgan fingerprint density at radius 1 is 1.23 bits per heavy atom. The van der Waals surface area contributed by atoms with E-state index >= 15 is 0 Å². The molecule has 0 saturated heterocycles. The molecule has 0 saturated carbocycles. The maximum atomic E-state index is 12.6. The minimum atomic E-state index is -0.249. The molecule has 0 heterocycles. The predicted molar refractivity (Wildman–Crippen MR) is 51.6 cm³/mol. The smallest absolute Gasteiger partial charge is 0.123 e. The lowest BCUT2D eigenvalue weighted by atomic mass is 9.99. The second kappa shape index (κ2) is 4.35. The third-order valence-corrected chi connectivity index (χ3v) is 2.19. The van der Waals surface area contributed by atoms with Crippen molar-refractivity contribution < 1.29 is 4.39 Å². The molecule has 2 nitrogen and oxygen atoms in total. The largest absolute Gasteiger partial charge is 0.326 e. The van der Waals surface area contributed by atoms with Crippen molar-refractivity contribution in [3.63, 3.8) is 0 Å². The van der Waals surface area contributed by atoms with Crippen molar-refractivity contribution in [1.29, 1.82) is 0 Å². The molecule has 1 aromatic rings. The normalized spacial score (nSPS) is 15.4. The van der Waals surface area contributed by atoms with Crippen LogP contribution in [-0.4, -0.2) is 6.04 Å². The van der Waals surface area contributed by atoms with Crippen LogP contribution in [0, 0.1) is 5.82 Å². The molecule has 0 aliphatic heterocycles. The van der Waals surface area contributed by atoms with Crippen LogP contribution >= 0.6 is 0 Å². The molecule has 0 fully saturated rings. The zero-order chi connectivity index (χ0) is 9.84. The van der Waals surface area contributed by atoms with Crippen LogP contribution in [-0.2, 0) is 0 Å². The third kappa shape index (κ3) is 2.50. The van der Waals surface area contributed by atoms with Gasteiger partial charge in [-0.15, -0.1) is 0 Å². The Hall–Kier alpha value is -0.930. The number of hydrogen-bond acceptors (Lipinski definition) is 2. The number of hydrogen-bond donors (Lipinski definition) is 2. The summed E-state index contributed by atoms with van der Waals surface area (Å²) in [5, 5.41) is 0. The predicted octanol–water partition coefficient (Wildman–Crippen LogP) is 1.56. The third-order valence-electron chi connectivity index (χ3n) is 2.19. The van der Waals surface area contributed by atoms with Crippen molar-refractivity contribution >= 4 is 0 Å². The van der Waals surface area contributed by atoms with Crippen LogP contribution in [0.15, 0.2) is 24.3 Å². The number of halogens is 1. The van der Waals surface area contributed by atoms with Crippen LogP contribution in [0.2, 0.25) is 0 Å². The van der Waals surface area contributed by atoms with Crippen molar-refractivity contribution in [2.75, 3.05) is 0 Å². The Labute approximate surface area is 77.7 Å². The van der Waals surface area contributed by atoms with E-state index in [1.165, 1.54) is 12.1 Å². The van der Waals surface area contributed by atoms with Gasteiger partial charge in [0.1, 0.15) is 5.82 Å². The lowest BCUT2D eigenvalue weighted by Crippen LogP contribution is -2.33. The Morgan fingerprint density at radius 2 is 1.77 bits per heavy atom. The van der Waals surface area contributed by atoms with Gasteiger partial charge in [-0.3, -0.25) is 0 Å². The minimum absolute atomic E-state index is 0.0644. The van der Waals surface area contributed by atoms with Crippen molar-refractivity contribution in [2.24, 2.45) is 11.5 Å². The summed E-state index contributed by atoms with van der Waals surface area (Å²) >= 11 is 0. The Kier molecular flexibility index (Phi) is 3.39. The summed E-state index contributed by atoms with van der Waals surface area (Å²) < 4.78 is 12.6. The van der Waals surface area contributed by atoms with Crippen LogP contribution in [0.3, 0.4) is 0 Å². The Bertz CT molecular complexity index is 258. The fraction of sp³-hybridized carbons (Fsp3) is 0.400. The van der Waals surface area contributed by atoms with Gasteiger partial charge in [-0.1, -0.05) is 19.1 Å². The molecule has 0 aromatic heterocycles. The van der Waals surface area contributed by atoms with E-state index in [4.69, 9.17) is 11.5 Å². The van der Waals surface area contributed by atoms with Crippen LogP contribution in [0.25, 0.3) is 0 Å². The molecule has 13 heavy (non-hydrogen) atoms. The molecule has 1 aromatic carbocycles. The SMILES string of the molecule is CCC(N)C(N)c1ccc(F)cc1. The molecule has 72 valence electrons. The van der Waals surface area contributed by atoms with Crippen LogP contribution in [0.1, 0.15) is 24.9 Å². The van der Waals surface area contributed by atoms with E-state index in [0.29, 0.717) is 0 Å². The van der Waals surface area contributed by atoms with Gasteiger partial charge in [0.2, 0.25) is 0 Å². The van der Waals surface area contributed by atoms with Crippen molar-refractivity contribution in [2.45, 2.75) is 25.4 Å². The summed E-state index contributed by atoms with van der Waals surface area (Å²) in [4.78, 5) is 0. The summed E-state index contributed by atoms with van der Waals surface area (Å²) in [5.41, 5.74) is 12.5. The molecule has 0 spiro atoms. The molecule has 4 N–H and O–H groups in total. The van der Waals surface area contributed by atoms with Gasteiger partial charge in [0.25, 0.3) is 0 Å². The van der Waals surface area contributed by atoms with E-state index in [0.717, 1.165) is 12.0 Å². The Balaban J connectivity index is 2.77. The summed E-state index contributed by atoms with van der Waals surface area (Å²) in [5.74, 6) is -0.249. The van der Waals surface area contributed by atoms with E-state index in [-0.39, 0.29) is 17.9 Å². The lowest BCUT2D eigenvalue weighted by Gasteiger charge is -2.18. The van der Waals surface area contributed by atoms with Gasteiger partial charge in [0.15, 0.2) is 0 Å². The number of benzene rings is 1. The van der Waals surface area contributed by atoms with E-state index in [9.17, 15) is 4.39 Å². The van der Waals surface area contributed by atoms with Gasteiger partial charge < -0.3 is 11.5 Å². The molecule has 0 amide bonds. The average Bonchev–Trinajstić information content (AvgIpc) is 2.17. The van der Waals surface area contributed by atoms with Crippen molar-refractivity contribution in [3.05, 3.63) is 35.6 Å². The standard InChI is InChI=1S/C10H15FN2/c1-2-9(12)10(13)7-3-5-8(11)6-4-7/h3-6,9-10H,2,12-13H2,1H3. The van der Waals surface area contributed by atoms with E-state index in [1.807, 2.05) is 6.92 Å². The zero-order valence-electron chi connectivity index (χ0n) is 7.70. The van der Waals surface area contributed by atoms with Gasteiger partial charge in [-0.2, -0.15) is 0 Å². The lowest BCUT2D eigenvalue weighted by molar-refractivity contribution is 0.531. The first kappa shape index (κ1) is 10.2. The maximum Gasteiger partial charge on any atom is 0.123 e. The highest BCUT2D eigenvalue weighted by molar-refractivity contribution is 5.20. The molecule has 0 aliphatic carbocycles. The van der Waals surface area contributed by atoms with Gasteiger partial charge in [-0.25, -0.2) is 4.39 Å². The topological polar surface area (TPSA) is 52.0 Å². The van der Waals surface area contributed by atoms with Crippen LogP contribution < -0.4 is 11.5 Å². The van der Waals surface area contributed by atoms with Gasteiger partial charge >= 0.3 is 0 Å². The molecular formula is C10H15FN2. The first-order valence-corrected chi connectivity index (χ1v) is 4.41. The molecule has 3 heteroatoms. The highest BCUT2D eigenvalue weighted by atomic mass is 19.1. The molecular weight excluding hydrogens is 167 g/mol. The fourth-order valence-electron chi connectivity index (χ4n) is 1.19. The summed E-state index contributed by atoms with van der Waals surface area (Å²) in [6.45, 7) is 1.98. The molecule has 2 atom stereocenters. The first-order chi connectivity index (χ1) is 6.15. The monoisotopic (exact) mass is 182 g/mol.